The lowest BCUT2D eigenvalue weighted by Crippen LogP contribution is -2.04. The molecule has 0 radical (unpaired) electrons. The van der Waals surface area contributed by atoms with Crippen molar-refractivity contribution in [3.8, 4) is 17.1 Å². The maximum Gasteiger partial charge on any atom is 0.191 e. The lowest BCUT2D eigenvalue weighted by molar-refractivity contribution is 0.344. The number of halogens is 1. The maximum atomic E-state index is 6.08. The van der Waals surface area contributed by atoms with Gasteiger partial charge in [-0.25, -0.2) is 0 Å². The van der Waals surface area contributed by atoms with Gasteiger partial charge in [0.25, 0.3) is 0 Å². The first kappa shape index (κ1) is 17.6. The minimum Gasteiger partial charge on any atom is -0.491 e. The number of benzene rings is 1. The fourth-order valence-electron chi connectivity index (χ4n) is 2.35. The summed E-state index contributed by atoms with van der Waals surface area (Å²) in [6.45, 7) is 6.88. The van der Waals surface area contributed by atoms with Gasteiger partial charge >= 0.3 is 0 Å². The van der Waals surface area contributed by atoms with Crippen molar-refractivity contribution in [3.63, 3.8) is 0 Å². The van der Waals surface area contributed by atoms with Crippen molar-refractivity contribution < 1.29 is 9.15 Å². The third-order valence-electron chi connectivity index (χ3n) is 3.54. The summed E-state index contributed by atoms with van der Waals surface area (Å²) in [5.74, 6) is 3.01. The molecule has 7 heteroatoms. The summed E-state index contributed by atoms with van der Waals surface area (Å²) < 4.78 is 13.1. The number of para-hydroxylation sites is 1. The Hall–Kier alpha value is -2.18. The average Bonchev–Trinajstić information content (AvgIpc) is 3.20. The van der Waals surface area contributed by atoms with Crippen LogP contribution in [0.5, 0.6) is 5.75 Å². The van der Waals surface area contributed by atoms with Crippen LogP contribution in [0, 0.1) is 6.92 Å². The van der Waals surface area contributed by atoms with Crippen LogP contribution in [0.1, 0.15) is 5.76 Å². The van der Waals surface area contributed by atoms with Gasteiger partial charge in [-0.15, -0.1) is 16.8 Å². The second-order valence-electron chi connectivity index (χ2n) is 5.22. The number of thioether (sulfide) groups is 1. The van der Waals surface area contributed by atoms with Gasteiger partial charge in [0.15, 0.2) is 11.0 Å². The zero-order valence-electron chi connectivity index (χ0n) is 13.8. The molecule has 130 valence electrons. The predicted octanol–water partition coefficient (Wildman–Crippen LogP) is 4.86. The highest BCUT2D eigenvalue weighted by Gasteiger charge is 2.16. The van der Waals surface area contributed by atoms with Crippen LogP contribution in [-0.2, 0) is 6.54 Å². The van der Waals surface area contributed by atoms with E-state index in [0.717, 1.165) is 28.1 Å². The Morgan fingerprint density at radius 1 is 1.32 bits per heavy atom. The zero-order chi connectivity index (χ0) is 17.6. The smallest absolute Gasteiger partial charge is 0.191 e. The first-order valence-electron chi connectivity index (χ1n) is 7.79. The minimum atomic E-state index is 0.523. The highest BCUT2D eigenvalue weighted by atomic mass is 35.5. The van der Waals surface area contributed by atoms with Gasteiger partial charge in [-0.05, 0) is 25.1 Å². The van der Waals surface area contributed by atoms with Crippen LogP contribution in [0.15, 0.2) is 58.8 Å². The Bertz CT molecular complexity index is 860. The monoisotopic (exact) mass is 375 g/mol. The van der Waals surface area contributed by atoms with E-state index in [1.54, 1.807) is 18.0 Å². The van der Waals surface area contributed by atoms with Crippen LogP contribution in [0.4, 0.5) is 0 Å². The van der Waals surface area contributed by atoms with Gasteiger partial charge in [0.05, 0.1) is 23.5 Å². The molecule has 0 aliphatic rings. The molecule has 3 aromatic rings. The van der Waals surface area contributed by atoms with E-state index in [2.05, 4.69) is 16.8 Å². The van der Waals surface area contributed by atoms with E-state index < -0.39 is 0 Å². The van der Waals surface area contributed by atoms with Gasteiger partial charge in [0.1, 0.15) is 11.5 Å². The first-order chi connectivity index (χ1) is 12.2. The Labute approximate surface area is 155 Å². The zero-order valence-corrected chi connectivity index (χ0v) is 15.4. The standard InChI is InChI=1S/C18H18ClN3O2S/c1-3-9-22-17(14-8-10-23-13(14)2)20-21-18(22)25-12-11-24-16-7-5-4-6-15(16)19/h3-8,10H,1,9,11-12H2,2H3. The van der Waals surface area contributed by atoms with Gasteiger partial charge in [0, 0.05) is 12.3 Å². The lowest BCUT2D eigenvalue weighted by atomic mass is 10.2. The van der Waals surface area contributed by atoms with E-state index in [-0.39, 0.29) is 0 Å². The van der Waals surface area contributed by atoms with E-state index in [0.29, 0.717) is 23.9 Å². The summed E-state index contributed by atoms with van der Waals surface area (Å²) in [6, 6.07) is 9.33. The van der Waals surface area contributed by atoms with Gasteiger partial charge in [-0.1, -0.05) is 41.6 Å². The van der Waals surface area contributed by atoms with Crippen molar-refractivity contribution in [2.24, 2.45) is 0 Å². The summed E-state index contributed by atoms with van der Waals surface area (Å²) >= 11 is 7.66. The Morgan fingerprint density at radius 3 is 2.88 bits per heavy atom. The molecule has 0 atom stereocenters. The number of ether oxygens (including phenoxy) is 1. The number of aromatic nitrogens is 3. The molecule has 0 bridgehead atoms. The molecule has 0 amide bonds. The van der Waals surface area contributed by atoms with Crippen molar-refractivity contribution in [3.05, 3.63) is 60.0 Å². The van der Waals surface area contributed by atoms with Crippen LogP contribution in [0.25, 0.3) is 11.4 Å². The minimum absolute atomic E-state index is 0.523. The largest absolute Gasteiger partial charge is 0.491 e. The highest BCUT2D eigenvalue weighted by Crippen LogP contribution is 2.27. The summed E-state index contributed by atoms with van der Waals surface area (Å²) in [7, 11) is 0. The van der Waals surface area contributed by atoms with E-state index >= 15 is 0 Å². The Morgan fingerprint density at radius 2 is 2.16 bits per heavy atom. The van der Waals surface area contributed by atoms with Crippen LogP contribution in [-0.4, -0.2) is 27.1 Å². The average molecular weight is 376 g/mol. The summed E-state index contributed by atoms with van der Waals surface area (Å²) in [5, 5.41) is 10.0. The summed E-state index contributed by atoms with van der Waals surface area (Å²) in [6.07, 6.45) is 3.48. The van der Waals surface area contributed by atoms with Crippen molar-refractivity contribution in [1.82, 2.24) is 14.8 Å². The Balaban J connectivity index is 1.66. The summed E-state index contributed by atoms with van der Waals surface area (Å²) in [5.41, 5.74) is 0.938. The van der Waals surface area contributed by atoms with Crippen molar-refractivity contribution in [1.29, 1.82) is 0 Å². The number of aryl methyl sites for hydroxylation is 1. The van der Waals surface area contributed by atoms with E-state index in [9.17, 15) is 0 Å². The second kappa shape index (κ2) is 8.27. The number of hydrogen-bond acceptors (Lipinski definition) is 5. The third kappa shape index (κ3) is 4.08. The molecule has 3 rings (SSSR count). The molecule has 0 saturated heterocycles. The van der Waals surface area contributed by atoms with Gasteiger partial charge < -0.3 is 9.15 Å². The molecule has 0 unspecified atom stereocenters. The summed E-state index contributed by atoms with van der Waals surface area (Å²) in [4.78, 5) is 0. The second-order valence-corrected chi connectivity index (χ2v) is 6.69. The topological polar surface area (TPSA) is 53.1 Å². The molecular weight excluding hydrogens is 358 g/mol. The molecule has 25 heavy (non-hydrogen) atoms. The SMILES string of the molecule is C=CCn1c(SCCOc2ccccc2Cl)nnc1-c1ccoc1C. The molecule has 1 aromatic carbocycles. The van der Waals surface area contributed by atoms with E-state index in [4.69, 9.17) is 20.8 Å². The number of nitrogens with zero attached hydrogens (tertiary/aromatic N) is 3. The van der Waals surface area contributed by atoms with Crippen LogP contribution >= 0.6 is 23.4 Å². The van der Waals surface area contributed by atoms with E-state index in [1.807, 2.05) is 47.9 Å². The maximum absolute atomic E-state index is 6.08. The molecule has 0 saturated carbocycles. The molecule has 0 aliphatic heterocycles. The van der Waals surface area contributed by atoms with Gasteiger partial charge in [-0.2, -0.15) is 0 Å². The number of hydrogen-bond donors (Lipinski definition) is 0. The van der Waals surface area contributed by atoms with Crippen LogP contribution in [0.2, 0.25) is 5.02 Å². The molecule has 0 N–H and O–H groups in total. The molecule has 0 fully saturated rings. The quantitative estimate of drug-likeness (QED) is 0.320. The Kier molecular flexibility index (Phi) is 5.83. The molecule has 2 heterocycles. The van der Waals surface area contributed by atoms with Crippen molar-refractivity contribution in [2.75, 3.05) is 12.4 Å². The molecule has 2 aromatic heterocycles. The van der Waals surface area contributed by atoms with Gasteiger partial charge in [-0.3, -0.25) is 4.57 Å². The highest BCUT2D eigenvalue weighted by molar-refractivity contribution is 7.99. The lowest BCUT2D eigenvalue weighted by Gasteiger charge is -2.09. The molecule has 5 nitrogen and oxygen atoms in total. The number of rotatable bonds is 8. The van der Waals surface area contributed by atoms with Gasteiger partial charge in [0.2, 0.25) is 0 Å². The van der Waals surface area contributed by atoms with Crippen LogP contribution in [0.3, 0.4) is 0 Å². The van der Waals surface area contributed by atoms with E-state index in [1.165, 1.54) is 0 Å². The molecule has 0 spiro atoms. The fourth-order valence-corrected chi connectivity index (χ4v) is 3.31. The van der Waals surface area contributed by atoms with Crippen molar-refractivity contribution >= 4 is 23.4 Å². The number of furan rings is 1. The van der Waals surface area contributed by atoms with Crippen molar-refractivity contribution in [2.45, 2.75) is 18.6 Å². The predicted molar refractivity (Wildman–Crippen MR) is 100 cm³/mol. The van der Waals surface area contributed by atoms with Crippen LogP contribution < -0.4 is 4.74 Å². The molecule has 0 aliphatic carbocycles. The third-order valence-corrected chi connectivity index (χ3v) is 4.78. The molecular formula is C18H18ClN3O2S. The number of allylic oxidation sites excluding steroid dienone is 1. The first-order valence-corrected chi connectivity index (χ1v) is 9.15. The normalized spacial score (nSPS) is 10.8. The fraction of sp³-hybridized carbons (Fsp3) is 0.222.